The summed E-state index contributed by atoms with van der Waals surface area (Å²) in [5.74, 6) is 0.201. The number of amides is 1. The summed E-state index contributed by atoms with van der Waals surface area (Å²) in [6, 6.07) is 6.14. The predicted octanol–water partition coefficient (Wildman–Crippen LogP) is 3.85. The fraction of sp³-hybridized carbons (Fsp3) is 0.412. The van der Waals surface area contributed by atoms with Crippen LogP contribution in [-0.2, 0) is 4.79 Å². The second kappa shape index (κ2) is 7.47. The minimum Gasteiger partial charge on any atom is -0.326 e. The maximum Gasteiger partial charge on any atom is 0.228 e. The zero-order chi connectivity index (χ0) is 16.2. The molecule has 0 radical (unpaired) electrons. The van der Waals surface area contributed by atoms with Crippen LogP contribution in [0.2, 0.25) is 0 Å². The first-order valence-corrected chi connectivity index (χ1v) is 9.53. The number of aryl methyl sites for hydroxylation is 2. The molecule has 1 fully saturated rings. The summed E-state index contributed by atoms with van der Waals surface area (Å²) in [7, 11) is 0. The Morgan fingerprint density at radius 1 is 1.43 bits per heavy atom. The van der Waals surface area contributed by atoms with Gasteiger partial charge in [0, 0.05) is 28.2 Å². The standard InChI is InChI=1S/C17H21N3OS2/c1-11-8-14(23-17-19-12(2)10-22-17)5-6-15(11)20-16(21)13-4-3-7-18-9-13/h5-6,8,10,13,18H,3-4,7,9H2,1-2H3,(H,20,21). The van der Waals surface area contributed by atoms with Crippen molar-refractivity contribution < 1.29 is 4.79 Å². The number of carbonyl (C=O) groups is 1. The van der Waals surface area contributed by atoms with Crippen molar-refractivity contribution in [1.29, 1.82) is 0 Å². The molecule has 0 saturated carbocycles. The number of aromatic nitrogens is 1. The Hall–Kier alpha value is -1.37. The third-order valence-electron chi connectivity index (χ3n) is 3.93. The van der Waals surface area contributed by atoms with Crippen LogP contribution < -0.4 is 10.6 Å². The highest BCUT2D eigenvalue weighted by molar-refractivity contribution is 8.01. The smallest absolute Gasteiger partial charge is 0.228 e. The molecule has 1 aliphatic rings. The van der Waals surface area contributed by atoms with Crippen LogP contribution >= 0.6 is 23.1 Å². The highest BCUT2D eigenvalue weighted by Crippen LogP contribution is 2.32. The molecule has 2 N–H and O–H groups in total. The fourth-order valence-electron chi connectivity index (χ4n) is 2.63. The molecule has 1 unspecified atom stereocenters. The van der Waals surface area contributed by atoms with Crippen molar-refractivity contribution in [2.45, 2.75) is 35.9 Å². The molecule has 1 aliphatic heterocycles. The van der Waals surface area contributed by atoms with E-state index in [0.29, 0.717) is 0 Å². The predicted molar refractivity (Wildman–Crippen MR) is 96.4 cm³/mol. The Morgan fingerprint density at radius 2 is 2.30 bits per heavy atom. The second-order valence-electron chi connectivity index (χ2n) is 5.87. The molecule has 6 heteroatoms. The van der Waals surface area contributed by atoms with Crippen LogP contribution in [0.5, 0.6) is 0 Å². The van der Waals surface area contributed by atoms with E-state index in [1.807, 2.05) is 26.0 Å². The first-order chi connectivity index (χ1) is 11.1. The van der Waals surface area contributed by atoms with E-state index in [9.17, 15) is 4.79 Å². The Morgan fingerprint density at radius 3 is 2.96 bits per heavy atom. The molecule has 1 amide bonds. The van der Waals surface area contributed by atoms with Gasteiger partial charge in [0.25, 0.3) is 0 Å². The quantitative estimate of drug-likeness (QED) is 0.882. The van der Waals surface area contributed by atoms with Crippen LogP contribution in [0.4, 0.5) is 5.69 Å². The van der Waals surface area contributed by atoms with Crippen LogP contribution in [-0.4, -0.2) is 24.0 Å². The summed E-state index contributed by atoms with van der Waals surface area (Å²) in [6.07, 6.45) is 2.04. The number of rotatable bonds is 4. The largest absolute Gasteiger partial charge is 0.326 e. The molecule has 1 saturated heterocycles. The molecule has 1 aromatic heterocycles. The number of benzene rings is 1. The third kappa shape index (κ3) is 4.34. The van der Waals surface area contributed by atoms with Gasteiger partial charge in [0.05, 0.1) is 5.92 Å². The van der Waals surface area contributed by atoms with Gasteiger partial charge in [-0.1, -0.05) is 11.8 Å². The number of piperidine rings is 1. The third-order valence-corrected chi connectivity index (χ3v) is 5.97. The molecule has 1 aromatic carbocycles. The van der Waals surface area contributed by atoms with Crippen LogP contribution in [0, 0.1) is 19.8 Å². The fourth-order valence-corrected chi connectivity index (χ4v) is 4.54. The second-order valence-corrected chi connectivity index (χ2v) is 8.04. The maximum atomic E-state index is 12.3. The normalized spacial score (nSPS) is 17.9. The van der Waals surface area contributed by atoms with Crippen molar-refractivity contribution in [3.05, 3.63) is 34.8 Å². The Bertz CT molecular complexity index is 693. The number of hydrogen-bond acceptors (Lipinski definition) is 5. The van der Waals surface area contributed by atoms with Gasteiger partial charge in [0.15, 0.2) is 4.34 Å². The summed E-state index contributed by atoms with van der Waals surface area (Å²) in [4.78, 5) is 18.0. The van der Waals surface area contributed by atoms with Gasteiger partial charge < -0.3 is 10.6 Å². The molecule has 122 valence electrons. The molecule has 0 aliphatic carbocycles. The highest BCUT2D eigenvalue weighted by Gasteiger charge is 2.21. The van der Waals surface area contributed by atoms with Crippen LogP contribution in [0.3, 0.4) is 0 Å². The van der Waals surface area contributed by atoms with E-state index in [1.54, 1.807) is 23.1 Å². The van der Waals surface area contributed by atoms with Gasteiger partial charge in [-0.05, 0) is 57.0 Å². The molecular formula is C17H21N3OS2. The van der Waals surface area contributed by atoms with E-state index >= 15 is 0 Å². The number of nitrogens with zero attached hydrogens (tertiary/aromatic N) is 1. The van der Waals surface area contributed by atoms with Gasteiger partial charge in [-0.25, -0.2) is 4.98 Å². The lowest BCUT2D eigenvalue weighted by Crippen LogP contribution is -2.37. The molecule has 0 bridgehead atoms. The van der Waals surface area contributed by atoms with Crippen molar-refractivity contribution in [2.24, 2.45) is 5.92 Å². The van der Waals surface area contributed by atoms with Crippen molar-refractivity contribution >= 4 is 34.7 Å². The van der Waals surface area contributed by atoms with Crippen LogP contribution in [0.1, 0.15) is 24.1 Å². The van der Waals surface area contributed by atoms with E-state index in [-0.39, 0.29) is 11.8 Å². The molecule has 2 heterocycles. The van der Waals surface area contributed by atoms with Crippen molar-refractivity contribution in [2.75, 3.05) is 18.4 Å². The van der Waals surface area contributed by atoms with Gasteiger partial charge in [0.2, 0.25) is 5.91 Å². The number of hydrogen-bond donors (Lipinski definition) is 2. The van der Waals surface area contributed by atoms with Gasteiger partial charge >= 0.3 is 0 Å². The van der Waals surface area contributed by atoms with Crippen LogP contribution in [0.25, 0.3) is 0 Å². The lowest BCUT2D eigenvalue weighted by Gasteiger charge is -2.22. The molecule has 0 spiro atoms. The summed E-state index contributed by atoms with van der Waals surface area (Å²) in [6.45, 7) is 5.84. The average molecular weight is 348 g/mol. The maximum absolute atomic E-state index is 12.3. The van der Waals surface area contributed by atoms with E-state index in [0.717, 1.165) is 52.1 Å². The van der Waals surface area contributed by atoms with Gasteiger partial charge in [-0.15, -0.1) is 11.3 Å². The Balaban J connectivity index is 1.65. The Kier molecular flexibility index (Phi) is 5.35. The molecule has 23 heavy (non-hydrogen) atoms. The zero-order valence-electron chi connectivity index (χ0n) is 13.4. The molecule has 1 atom stereocenters. The summed E-state index contributed by atoms with van der Waals surface area (Å²) < 4.78 is 1.05. The number of nitrogens with one attached hydrogen (secondary N) is 2. The Labute approximate surface area is 145 Å². The van der Waals surface area contributed by atoms with Crippen molar-refractivity contribution in [3.63, 3.8) is 0 Å². The molecule has 4 nitrogen and oxygen atoms in total. The minimum absolute atomic E-state index is 0.0792. The first kappa shape index (κ1) is 16.5. The van der Waals surface area contributed by atoms with Gasteiger partial charge in [0.1, 0.15) is 0 Å². The van der Waals surface area contributed by atoms with Gasteiger partial charge in [-0.2, -0.15) is 0 Å². The van der Waals surface area contributed by atoms with E-state index in [1.165, 1.54) is 0 Å². The van der Waals surface area contributed by atoms with Crippen molar-refractivity contribution in [1.82, 2.24) is 10.3 Å². The van der Waals surface area contributed by atoms with E-state index < -0.39 is 0 Å². The summed E-state index contributed by atoms with van der Waals surface area (Å²) >= 11 is 3.32. The first-order valence-electron chi connectivity index (χ1n) is 7.84. The van der Waals surface area contributed by atoms with Gasteiger partial charge in [-0.3, -0.25) is 4.79 Å². The number of thiazole rings is 1. The lowest BCUT2D eigenvalue weighted by atomic mass is 9.98. The average Bonchev–Trinajstić information content (AvgIpc) is 2.96. The molecule has 3 rings (SSSR count). The minimum atomic E-state index is 0.0792. The molecular weight excluding hydrogens is 326 g/mol. The monoisotopic (exact) mass is 347 g/mol. The van der Waals surface area contributed by atoms with Crippen LogP contribution in [0.15, 0.2) is 32.8 Å². The zero-order valence-corrected chi connectivity index (χ0v) is 15.0. The highest BCUT2D eigenvalue weighted by atomic mass is 32.2. The number of anilines is 1. The lowest BCUT2D eigenvalue weighted by molar-refractivity contribution is -0.120. The number of carbonyl (C=O) groups excluding carboxylic acids is 1. The van der Waals surface area contributed by atoms with Crippen molar-refractivity contribution in [3.8, 4) is 0 Å². The van der Waals surface area contributed by atoms with E-state index in [2.05, 4.69) is 27.1 Å². The summed E-state index contributed by atoms with van der Waals surface area (Å²) in [5.41, 5.74) is 3.04. The summed E-state index contributed by atoms with van der Waals surface area (Å²) in [5, 5.41) is 8.42. The topological polar surface area (TPSA) is 54.0 Å². The van der Waals surface area contributed by atoms with E-state index in [4.69, 9.17) is 0 Å². The molecule has 2 aromatic rings. The SMILES string of the molecule is Cc1csc(Sc2ccc(NC(=O)C3CCCNC3)c(C)c2)n1.